The molecule has 4 heteroatoms. The second-order valence-corrected chi connectivity index (χ2v) is 5.04. The average molecular weight is 290 g/mol. The van der Waals surface area contributed by atoms with Crippen LogP contribution in [0.15, 0.2) is 12.1 Å². The van der Waals surface area contributed by atoms with Crippen molar-refractivity contribution in [3.05, 3.63) is 27.7 Å². The Morgan fingerprint density at radius 3 is 2.56 bits per heavy atom. The molecule has 0 amide bonds. The third-order valence-electron chi connectivity index (χ3n) is 2.77. The summed E-state index contributed by atoms with van der Waals surface area (Å²) >= 11 is 12.4. The fourth-order valence-corrected chi connectivity index (χ4v) is 2.31. The lowest BCUT2D eigenvalue weighted by Gasteiger charge is -2.10. The number of hydrogen-bond donors (Lipinski definition) is 1. The largest absolute Gasteiger partial charge is 0.492 e. The number of nitrogens with one attached hydrogen (secondary N) is 1. The van der Waals surface area contributed by atoms with Crippen LogP contribution in [0, 0.1) is 0 Å². The zero-order valence-corrected chi connectivity index (χ0v) is 12.6. The number of hydrogen-bond acceptors (Lipinski definition) is 2. The Morgan fingerprint density at radius 2 is 1.89 bits per heavy atom. The van der Waals surface area contributed by atoms with Gasteiger partial charge in [0.15, 0.2) is 0 Å². The van der Waals surface area contributed by atoms with Crippen molar-refractivity contribution in [3.8, 4) is 5.75 Å². The summed E-state index contributed by atoms with van der Waals surface area (Å²) < 4.78 is 5.41. The number of ether oxygens (including phenoxy) is 1. The van der Waals surface area contributed by atoms with Crippen LogP contribution >= 0.6 is 23.2 Å². The van der Waals surface area contributed by atoms with E-state index in [1.807, 2.05) is 26.1 Å². The zero-order valence-electron chi connectivity index (χ0n) is 11.1. The lowest BCUT2D eigenvalue weighted by molar-refractivity contribution is 0.340. The molecule has 18 heavy (non-hydrogen) atoms. The number of halogens is 2. The van der Waals surface area contributed by atoms with Gasteiger partial charge in [-0.25, -0.2) is 0 Å². The summed E-state index contributed by atoms with van der Waals surface area (Å²) in [6.45, 7) is 3.59. The van der Waals surface area contributed by atoms with Gasteiger partial charge in [-0.3, -0.25) is 0 Å². The van der Waals surface area contributed by atoms with E-state index in [0.29, 0.717) is 17.4 Å². The van der Waals surface area contributed by atoms with Gasteiger partial charge in [-0.1, -0.05) is 29.6 Å². The Kier molecular flexibility index (Phi) is 7.48. The van der Waals surface area contributed by atoms with Crippen LogP contribution in [-0.2, 0) is 6.42 Å². The third kappa shape index (κ3) is 5.05. The number of rotatable bonds is 8. The second kappa shape index (κ2) is 8.63. The van der Waals surface area contributed by atoms with Crippen LogP contribution in [-0.4, -0.2) is 20.2 Å². The normalized spacial score (nSPS) is 10.7. The van der Waals surface area contributed by atoms with E-state index in [9.17, 15) is 0 Å². The van der Waals surface area contributed by atoms with Gasteiger partial charge in [0.05, 0.1) is 11.6 Å². The van der Waals surface area contributed by atoms with Gasteiger partial charge < -0.3 is 10.1 Å². The van der Waals surface area contributed by atoms with Crippen molar-refractivity contribution in [2.75, 3.05) is 20.2 Å². The van der Waals surface area contributed by atoms with Gasteiger partial charge >= 0.3 is 0 Å². The molecule has 1 N–H and O–H groups in total. The van der Waals surface area contributed by atoms with Gasteiger partial charge in [0, 0.05) is 11.1 Å². The predicted octanol–water partition coefficient (Wildman–Crippen LogP) is 4.32. The van der Waals surface area contributed by atoms with Gasteiger partial charge in [-0.05, 0) is 51.4 Å². The van der Waals surface area contributed by atoms with Crippen LogP contribution < -0.4 is 10.1 Å². The number of aryl methyl sites for hydroxylation is 1. The van der Waals surface area contributed by atoms with Crippen molar-refractivity contribution >= 4 is 23.2 Å². The van der Waals surface area contributed by atoms with Crippen molar-refractivity contribution in [3.63, 3.8) is 0 Å². The maximum absolute atomic E-state index is 6.23. The third-order valence-corrected chi connectivity index (χ3v) is 3.42. The predicted molar refractivity (Wildman–Crippen MR) is 79.1 cm³/mol. The molecule has 0 heterocycles. The highest BCUT2D eigenvalue weighted by Gasteiger charge is 2.08. The summed E-state index contributed by atoms with van der Waals surface area (Å²) in [6.07, 6.45) is 4.49. The fourth-order valence-electron chi connectivity index (χ4n) is 1.82. The Morgan fingerprint density at radius 1 is 1.11 bits per heavy atom. The van der Waals surface area contributed by atoms with E-state index >= 15 is 0 Å². The number of unbranched alkanes of at least 4 members (excludes halogenated alkanes) is 2. The standard InChI is InChI=1S/C14H21Cl2NO/c1-3-18-14-10-12(15)11(9-13(14)16)7-5-4-6-8-17-2/h9-10,17H,3-8H2,1-2H3. The van der Waals surface area contributed by atoms with E-state index in [1.165, 1.54) is 12.8 Å². The second-order valence-electron chi connectivity index (χ2n) is 4.22. The summed E-state index contributed by atoms with van der Waals surface area (Å²) in [6, 6.07) is 3.74. The SMILES string of the molecule is CCOc1cc(Cl)c(CCCCCNC)cc1Cl. The lowest BCUT2D eigenvalue weighted by Crippen LogP contribution is -2.07. The minimum atomic E-state index is 0.597. The van der Waals surface area contributed by atoms with Crippen molar-refractivity contribution in [2.45, 2.75) is 32.6 Å². The van der Waals surface area contributed by atoms with Crippen LogP contribution in [0.1, 0.15) is 31.7 Å². The monoisotopic (exact) mass is 289 g/mol. The molecule has 0 unspecified atom stereocenters. The van der Waals surface area contributed by atoms with E-state index in [0.717, 1.165) is 30.0 Å². The molecule has 0 aromatic heterocycles. The van der Waals surface area contributed by atoms with Gasteiger partial charge in [0.1, 0.15) is 5.75 Å². The fraction of sp³-hybridized carbons (Fsp3) is 0.571. The average Bonchev–Trinajstić information content (AvgIpc) is 2.35. The highest BCUT2D eigenvalue weighted by molar-refractivity contribution is 6.34. The first kappa shape index (κ1) is 15.6. The van der Waals surface area contributed by atoms with E-state index in [2.05, 4.69) is 5.32 Å². The van der Waals surface area contributed by atoms with E-state index in [-0.39, 0.29) is 0 Å². The summed E-state index contributed by atoms with van der Waals surface area (Å²) in [5.41, 5.74) is 1.11. The van der Waals surface area contributed by atoms with Crippen molar-refractivity contribution < 1.29 is 4.74 Å². The summed E-state index contributed by atoms with van der Waals surface area (Å²) in [4.78, 5) is 0. The summed E-state index contributed by atoms with van der Waals surface area (Å²) in [7, 11) is 1.98. The topological polar surface area (TPSA) is 21.3 Å². The molecule has 0 saturated carbocycles. The van der Waals surface area contributed by atoms with Crippen LogP contribution in [0.3, 0.4) is 0 Å². The minimum Gasteiger partial charge on any atom is -0.492 e. The van der Waals surface area contributed by atoms with Gasteiger partial charge in [-0.15, -0.1) is 0 Å². The molecule has 0 radical (unpaired) electrons. The molecule has 0 spiro atoms. The Bertz CT molecular complexity index is 369. The van der Waals surface area contributed by atoms with Crippen LogP contribution in [0.2, 0.25) is 10.0 Å². The molecule has 0 bridgehead atoms. The van der Waals surface area contributed by atoms with E-state index in [4.69, 9.17) is 27.9 Å². The smallest absolute Gasteiger partial charge is 0.139 e. The molecule has 0 aliphatic heterocycles. The lowest BCUT2D eigenvalue weighted by atomic mass is 10.1. The molecule has 0 atom stereocenters. The molecule has 0 saturated heterocycles. The number of benzene rings is 1. The first-order valence-electron chi connectivity index (χ1n) is 6.44. The molecule has 0 aliphatic carbocycles. The highest BCUT2D eigenvalue weighted by Crippen LogP contribution is 2.32. The molecule has 0 fully saturated rings. The Balaban J connectivity index is 2.53. The zero-order chi connectivity index (χ0) is 13.4. The minimum absolute atomic E-state index is 0.597. The Labute approximate surface area is 120 Å². The molecule has 1 aromatic rings. The molecule has 1 rings (SSSR count). The van der Waals surface area contributed by atoms with Crippen LogP contribution in [0.4, 0.5) is 0 Å². The quantitative estimate of drug-likeness (QED) is 0.720. The molecule has 2 nitrogen and oxygen atoms in total. The Hall–Kier alpha value is -0.440. The van der Waals surface area contributed by atoms with Gasteiger partial charge in [0.25, 0.3) is 0 Å². The van der Waals surface area contributed by atoms with Crippen molar-refractivity contribution in [1.82, 2.24) is 5.32 Å². The molecule has 102 valence electrons. The van der Waals surface area contributed by atoms with E-state index in [1.54, 1.807) is 0 Å². The van der Waals surface area contributed by atoms with E-state index < -0.39 is 0 Å². The first-order valence-corrected chi connectivity index (χ1v) is 7.20. The molecular weight excluding hydrogens is 269 g/mol. The van der Waals surface area contributed by atoms with Gasteiger partial charge in [0.2, 0.25) is 0 Å². The summed E-state index contributed by atoms with van der Waals surface area (Å²) in [5.74, 6) is 0.670. The van der Waals surface area contributed by atoms with Crippen molar-refractivity contribution in [2.24, 2.45) is 0 Å². The molecule has 1 aromatic carbocycles. The highest BCUT2D eigenvalue weighted by atomic mass is 35.5. The van der Waals surface area contributed by atoms with Crippen LogP contribution in [0.25, 0.3) is 0 Å². The maximum Gasteiger partial charge on any atom is 0.139 e. The van der Waals surface area contributed by atoms with Gasteiger partial charge in [-0.2, -0.15) is 0 Å². The molecular formula is C14H21Cl2NO. The molecule has 0 aliphatic rings. The van der Waals surface area contributed by atoms with Crippen LogP contribution in [0.5, 0.6) is 5.75 Å². The first-order chi connectivity index (χ1) is 8.69. The summed E-state index contributed by atoms with van der Waals surface area (Å²) in [5, 5.41) is 4.54. The van der Waals surface area contributed by atoms with Crippen molar-refractivity contribution in [1.29, 1.82) is 0 Å². The maximum atomic E-state index is 6.23.